The Morgan fingerprint density at radius 1 is 1.03 bits per heavy atom. The van der Waals surface area contributed by atoms with Crippen LogP contribution in [0.5, 0.6) is 0 Å². The van der Waals surface area contributed by atoms with Crippen molar-refractivity contribution in [3.8, 4) is 0 Å². The number of hydrogen-bond acceptors (Lipinski definition) is 7. The van der Waals surface area contributed by atoms with Gasteiger partial charge in [0.05, 0.1) is 13.2 Å². The van der Waals surface area contributed by atoms with Gasteiger partial charge in [-0.2, -0.15) is 0 Å². The van der Waals surface area contributed by atoms with Gasteiger partial charge in [-0.05, 0) is 37.7 Å². The zero-order chi connectivity index (χ0) is 21.0. The summed E-state index contributed by atoms with van der Waals surface area (Å²) in [4.78, 5) is 25.2. The van der Waals surface area contributed by atoms with Gasteiger partial charge in [0.2, 0.25) is 0 Å². The third kappa shape index (κ3) is 7.10. The molecule has 0 aromatic heterocycles. The predicted molar refractivity (Wildman–Crippen MR) is 106 cm³/mol. The molecule has 0 saturated carbocycles. The van der Waals surface area contributed by atoms with Crippen LogP contribution in [0.1, 0.15) is 51.5 Å². The van der Waals surface area contributed by atoms with Crippen LogP contribution in [-0.2, 0) is 39.9 Å². The first kappa shape index (κ1) is 23.3. The lowest BCUT2D eigenvalue weighted by atomic mass is 9.82. The first-order valence-corrected chi connectivity index (χ1v) is 10.3. The van der Waals surface area contributed by atoms with Crippen molar-refractivity contribution in [3.05, 3.63) is 35.9 Å². The molecule has 1 unspecified atom stereocenters. The molecule has 1 atom stereocenters. The third-order valence-corrected chi connectivity index (χ3v) is 5.14. The molecule has 0 aliphatic carbocycles. The second kappa shape index (κ2) is 12.6. The minimum atomic E-state index is -1.34. The molecule has 1 fully saturated rings. The van der Waals surface area contributed by atoms with Crippen molar-refractivity contribution in [2.24, 2.45) is 5.41 Å². The Hall–Kier alpha value is -1.96. The van der Waals surface area contributed by atoms with Crippen molar-refractivity contribution in [1.29, 1.82) is 0 Å². The van der Waals surface area contributed by atoms with Crippen LogP contribution in [0, 0.1) is 5.41 Å². The van der Waals surface area contributed by atoms with E-state index in [9.17, 15) is 9.59 Å². The average Bonchev–Trinajstić information content (AvgIpc) is 2.76. The highest BCUT2D eigenvalue weighted by molar-refractivity contribution is 5.99. The summed E-state index contributed by atoms with van der Waals surface area (Å²) in [5.41, 5.74) is -0.295. The first-order chi connectivity index (χ1) is 14.1. The maximum absolute atomic E-state index is 12.6. The number of rotatable bonds is 12. The molecule has 1 heterocycles. The average molecular weight is 408 g/mol. The zero-order valence-electron chi connectivity index (χ0n) is 17.4. The van der Waals surface area contributed by atoms with Crippen LogP contribution < -0.4 is 0 Å². The van der Waals surface area contributed by atoms with Gasteiger partial charge in [-0.15, -0.1) is 0 Å². The summed E-state index contributed by atoms with van der Waals surface area (Å²) in [5.74, 6) is -1.22. The molecule has 7 heteroatoms. The quantitative estimate of drug-likeness (QED) is 0.226. The number of benzene rings is 1. The molecule has 0 N–H and O–H groups in total. The van der Waals surface area contributed by atoms with E-state index in [2.05, 4.69) is 0 Å². The molecule has 0 amide bonds. The number of ether oxygens (including phenoxy) is 5. The molecule has 0 spiro atoms. The second-order valence-electron chi connectivity index (χ2n) is 6.98. The fourth-order valence-corrected chi connectivity index (χ4v) is 3.15. The van der Waals surface area contributed by atoms with Crippen molar-refractivity contribution in [2.75, 3.05) is 26.6 Å². The van der Waals surface area contributed by atoms with Gasteiger partial charge in [-0.25, -0.2) is 0 Å². The van der Waals surface area contributed by atoms with Crippen molar-refractivity contribution < 1.29 is 33.3 Å². The van der Waals surface area contributed by atoms with E-state index in [1.165, 1.54) is 0 Å². The molecular formula is C22H32O7. The largest absolute Gasteiger partial charge is 0.462 e. The predicted octanol–water partition coefficient (Wildman–Crippen LogP) is 3.60. The molecule has 7 nitrogen and oxygen atoms in total. The summed E-state index contributed by atoms with van der Waals surface area (Å²) in [6.45, 7) is 4.71. The van der Waals surface area contributed by atoms with Gasteiger partial charge in [-0.3, -0.25) is 9.59 Å². The van der Waals surface area contributed by atoms with Gasteiger partial charge in [0, 0.05) is 6.61 Å². The minimum absolute atomic E-state index is 0.0765. The van der Waals surface area contributed by atoms with E-state index in [0.29, 0.717) is 13.2 Å². The molecule has 1 aromatic rings. The zero-order valence-corrected chi connectivity index (χ0v) is 17.4. The van der Waals surface area contributed by atoms with Crippen molar-refractivity contribution in [3.63, 3.8) is 0 Å². The summed E-state index contributed by atoms with van der Waals surface area (Å²) < 4.78 is 26.9. The highest BCUT2D eigenvalue weighted by Crippen LogP contribution is 2.30. The van der Waals surface area contributed by atoms with Crippen molar-refractivity contribution >= 4 is 11.9 Å². The van der Waals surface area contributed by atoms with E-state index in [0.717, 1.165) is 24.8 Å². The lowest BCUT2D eigenvalue weighted by Crippen LogP contribution is -2.42. The summed E-state index contributed by atoms with van der Waals surface area (Å²) in [5, 5.41) is 0. The van der Waals surface area contributed by atoms with Gasteiger partial charge in [0.15, 0.2) is 18.5 Å². The highest BCUT2D eigenvalue weighted by Gasteiger charge is 2.46. The van der Waals surface area contributed by atoms with Gasteiger partial charge >= 0.3 is 11.9 Å². The number of carbonyl (C=O) groups excluding carboxylic acids is 2. The summed E-state index contributed by atoms with van der Waals surface area (Å²) in [7, 11) is 0. The number of hydrogen-bond donors (Lipinski definition) is 0. The fraction of sp³-hybridized carbons (Fsp3) is 0.636. The van der Waals surface area contributed by atoms with Crippen LogP contribution in [0.4, 0.5) is 0 Å². The van der Waals surface area contributed by atoms with Crippen molar-refractivity contribution in [1.82, 2.24) is 0 Å². The minimum Gasteiger partial charge on any atom is -0.462 e. The summed E-state index contributed by atoms with van der Waals surface area (Å²) in [6, 6.07) is 9.73. The van der Waals surface area contributed by atoms with Gasteiger partial charge < -0.3 is 23.7 Å². The number of esters is 2. The summed E-state index contributed by atoms with van der Waals surface area (Å²) >= 11 is 0. The SMILES string of the molecule is CCC(CC)(C(=O)OCCOCc1ccccc1)C(=O)OCOC1CCCCO1. The Balaban J connectivity index is 1.74. The van der Waals surface area contributed by atoms with E-state index in [-0.39, 0.29) is 39.1 Å². The molecule has 0 bridgehead atoms. The fourth-order valence-electron chi connectivity index (χ4n) is 3.15. The monoisotopic (exact) mass is 408 g/mol. The molecule has 1 aromatic carbocycles. The smallest absolute Gasteiger partial charge is 0.325 e. The molecule has 162 valence electrons. The molecule has 1 aliphatic rings. The lowest BCUT2D eigenvalue weighted by Gasteiger charge is -2.28. The summed E-state index contributed by atoms with van der Waals surface area (Å²) in [6.07, 6.45) is 3.01. The molecule has 1 aliphatic heterocycles. The topological polar surface area (TPSA) is 80.3 Å². The standard InChI is InChI=1S/C22H32O7/c1-3-22(4-2,21(24)29-17-28-19-12-8-9-13-26-19)20(23)27-15-14-25-16-18-10-6-5-7-11-18/h5-7,10-11,19H,3-4,8-9,12-17H2,1-2H3. The van der Waals surface area contributed by atoms with Gasteiger partial charge in [0.1, 0.15) is 6.61 Å². The van der Waals surface area contributed by atoms with E-state index in [1.807, 2.05) is 30.3 Å². The van der Waals surface area contributed by atoms with Gasteiger partial charge in [0.25, 0.3) is 0 Å². The molecule has 29 heavy (non-hydrogen) atoms. The maximum Gasteiger partial charge on any atom is 0.325 e. The number of carbonyl (C=O) groups is 2. The Kier molecular flexibility index (Phi) is 10.1. The maximum atomic E-state index is 12.6. The Morgan fingerprint density at radius 2 is 1.76 bits per heavy atom. The van der Waals surface area contributed by atoms with E-state index < -0.39 is 17.4 Å². The normalized spacial score (nSPS) is 17.0. The van der Waals surface area contributed by atoms with E-state index in [1.54, 1.807) is 13.8 Å². The van der Waals surface area contributed by atoms with Crippen molar-refractivity contribution in [2.45, 2.75) is 58.8 Å². The molecule has 1 saturated heterocycles. The molecule has 0 radical (unpaired) electrons. The highest BCUT2D eigenvalue weighted by atomic mass is 16.8. The Morgan fingerprint density at radius 3 is 2.41 bits per heavy atom. The second-order valence-corrected chi connectivity index (χ2v) is 6.98. The lowest BCUT2D eigenvalue weighted by molar-refractivity contribution is -0.217. The van der Waals surface area contributed by atoms with Gasteiger partial charge in [-0.1, -0.05) is 44.2 Å². The van der Waals surface area contributed by atoms with E-state index >= 15 is 0 Å². The Labute approximate surface area is 172 Å². The first-order valence-electron chi connectivity index (χ1n) is 10.3. The van der Waals surface area contributed by atoms with Crippen LogP contribution in [0.2, 0.25) is 0 Å². The molecule has 2 rings (SSSR count). The van der Waals surface area contributed by atoms with Crippen LogP contribution in [0.3, 0.4) is 0 Å². The third-order valence-electron chi connectivity index (χ3n) is 5.14. The Bertz CT molecular complexity index is 607. The van der Waals surface area contributed by atoms with Crippen LogP contribution in [-0.4, -0.2) is 44.8 Å². The van der Waals surface area contributed by atoms with Crippen LogP contribution in [0.15, 0.2) is 30.3 Å². The van der Waals surface area contributed by atoms with E-state index in [4.69, 9.17) is 23.7 Å². The van der Waals surface area contributed by atoms with Crippen LogP contribution >= 0.6 is 0 Å². The molecular weight excluding hydrogens is 376 g/mol. The van der Waals surface area contributed by atoms with Crippen LogP contribution in [0.25, 0.3) is 0 Å².